The van der Waals surface area contributed by atoms with Gasteiger partial charge in [-0.2, -0.15) is 0 Å². The van der Waals surface area contributed by atoms with E-state index in [1.54, 1.807) is 0 Å². The summed E-state index contributed by atoms with van der Waals surface area (Å²) >= 11 is 1.99. The molecule has 0 aliphatic heterocycles. The molecule has 2 rings (SSSR count). The molecule has 1 aliphatic carbocycles. The van der Waals surface area contributed by atoms with Gasteiger partial charge in [-0.3, -0.25) is 0 Å². The van der Waals surface area contributed by atoms with Crippen LogP contribution in [-0.2, 0) is 6.54 Å². The molecule has 1 aromatic rings. The van der Waals surface area contributed by atoms with E-state index in [0.29, 0.717) is 0 Å². The van der Waals surface area contributed by atoms with Gasteiger partial charge in [0, 0.05) is 23.2 Å². The van der Waals surface area contributed by atoms with Crippen molar-refractivity contribution in [3.05, 3.63) is 29.3 Å². The predicted molar refractivity (Wildman–Crippen MR) is 81.2 cm³/mol. The molecule has 18 heavy (non-hydrogen) atoms. The maximum Gasteiger partial charge on any atom is 0.0210 e. The number of benzene rings is 1. The topological polar surface area (TPSA) is 12.0 Å². The fourth-order valence-corrected chi connectivity index (χ4v) is 2.99. The Morgan fingerprint density at radius 1 is 1.39 bits per heavy atom. The fraction of sp³-hybridized carbons (Fsp3) is 0.625. The number of hydrogen-bond donors (Lipinski definition) is 1. The van der Waals surface area contributed by atoms with E-state index in [4.69, 9.17) is 0 Å². The Morgan fingerprint density at radius 3 is 2.78 bits per heavy atom. The summed E-state index contributed by atoms with van der Waals surface area (Å²) in [5, 5.41) is 3.59. The van der Waals surface area contributed by atoms with E-state index >= 15 is 0 Å². The van der Waals surface area contributed by atoms with E-state index in [1.165, 1.54) is 41.0 Å². The van der Waals surface area contributed by atoms with Gasteiger partial charge in [-0.15, -0.1) is 11.8 Å². The number of aryl methyl sites for hydroxylation is 1. The van der Waals surface area contributed by atoms with Gasteiger partial charge in [0.05, 0.1) is 0 Å². The molecule has 1 fully saturated rings. The third-order valence-corrected chi connectivity index (χ3v) is 5.03. The Hall–Kier alpha value is -0.470. The van der Waals surface area contributed by atoms with Gasteiger partial charge in [0.15, 0.2) is 0 Å². The lowest BCUT2D eigenvalue weighted by Gasteiger charge is -2.11. The minimum atomic E-state index is 0.795. The number of nitrogens with one attached hydrogen (secondary N) is 1. The predicted octanol–water partition coefficient (Wildman–Crippen LogP) is 4.39. The molecule has 1 N–H and O–H groups in total. The lowest BCUT2D eigenvalue weighted by molar-refractivity contribution is 0.637. The molecule has 0 heterocycles. The second-order valence-electron chi connectivity index (χ2n) is 5.57. The quantitative estimate of drug-likeness (QED) is 0.732. The third kappa shape index (κ3) is 4.33. The van der Waals surface area contributed by atoms with Gasteiger partial charge in [-0.1, -0.05) is 26.3 Å². The number of rotatable bonds is 7. The van der Waals surface area contributed by atoms with Gasteiger partial charge in [0.1, 0.15) is 0 Å². The lowest BCUT2D eigenvalue weighted by atomic mass is 10.1. The van der Waals surface area contributed by atoms with E-state index in [-0.39, 0.29) is 0 Å². The molecule has 1 saturated carbocycles. The highest BCUT2D eigenvalue weighted by Gasteiger charge is 2.20. The van der Waals surface area contributed by atoms with Crippen LogP contribution in [0.4, 0.5) is 0 Å². The molecular formula is C16H25NS. The monoisotopic (exact) mass is 263 g/mol. The van der Waals surface area contributed by atoms with Crippen molar-refractivity contribution < 1.29 is 0 Å². The van der Waals surface area contributed by atoms with Crippen LogP contribution in [0.1, 0.15) is 44.2 Å². The minimum absolute atomic E-state index is 0.795. The van der Waals surface area contributed by atoms with Crippen molar-refractivity contribution in [2.24, 2.45) is 5.92 Å². The number of hydrogen-bond acceptors (Lipinski definition) is 2. The summed E-state index contributed by atoms with van der Waals surface area (Å²) in [4.78, 5) is 1.42. The maximum absolute atomic E-state index is 3.59. The lowest BCUT2D eigenvalue weighted by Crippen LogP contribution is -2.15. The summed E-state index contributed by atoms with van der Waals surface area (Å²) in [7, 11) is 0. The summed E-state index contributed by atoms with van der Waals surface area (Å²) < 4.78 is 0. The van der Waals surface area contributed by atoms with Crippen molar-refractivity contribution in [3.8, 4) is 0 Å². The molecule has 100 valence electrons. The van der Waals surface area contributed by atoms with Crippen LogP contribution in [0.25, 0.3) is 0 Å². The Kier molecular flexibility index (Phi) is 5.13. The van der Waals surface area contributed by atoms with Gasteiger partial charge < -0.3 is 5.32 Å². The Bertz CT molecular complexity index is 385. The van der Waals surface area contributed by atoms with E-state index in [1.807, 2.05) is 11.8 Å². The second-order valence-corrected chi connectivity index (χ2v) is 6.66. The molecule has 1 unspecified atom stereocenters. The first-order valence-electron chi connectivity index (χ1n) is 7.14. The highest BCUT2D eigenvalue weighted by atomic mass is 32.2. The van der Waals surface area contributed by atoms with Crippen molar-refractivity contribution in [3.63, 3.8) is 0 Å². The molecule has 1 aromatic carbocycles. The molecule has 1 aliphatic rings. The first-order chi connectivity index (χ1) is 8.69. The van der Waals surface area contributed by atoms with Crippen molar-refractivity contribution in [1.29, 1.82) is 0 Å². The molecule has 1 nitrogen and oxygen atoms in total. The smallest absolute Gasteiger partial charge is 0.0210 e. The van der Waals surface area contributed by atoms with Gasteiger partial charge in [-0.05, 0) is 48.9 Å². The summed E-state index contributed by atoms with van der Waals surface area (Å²) in [5.74, 6) is 2.04. The molecular weight excluding hydrogens is 238 g/mol. The zero-order valence-corrected chi connectivity index (χ0v) is 12.6. The summed E-state index contributed by atoms with van der Waals surface area (Å²) in [6.07, 6.45) is 4.00. The van der Waals surface area contributed by atoms with Gasteiger partial charge >= 0.3 is 0 Å². The number of thioether (sulfide) groups is 1. The minimum Gasteiger partial charge on any atom is -0.310 e. The molecule has 0 aromatic heterocycles. The summed E-state index contributed by atoms with van der Waals surface area (Å²) in [5.41, 5.74) is 2.88. The fourth-order valence-electron chi connectivity index (χ4n) is 1.85. The zero-order valence-electron chi connectivity index (χ0n) is 11.8. The van der Waals surface area contributed by atoms with Crippen LogP contribution in [-0.4, -0.2) is 11.8 Å². The van der Waals surface area contributed by atoms with Gasteiger partial charge in [0.2, 0.25) is 0 Å². The molecule has 0 amide bonds. The zero-order chi connectivity index (χ0) is 13.0. The normalized spacial score (nSPS) is 16.8. The van der Waals surface area contributed by atoms with Crippen molar-refractivity contribution >= 4 is 11.8 Å². The molecule has 0 spiro atoms. The van der Waals surface area contributed by atoms with Crippen LogP contribution in [0, 0.1) is 12.8 Å². The van der Waals surface area contributed by atoms with Crippen LogP contribution >= 0.6 is 11.8 Å². The molecule has 1 atom stereocenters. The Morgan fingerprint density at radius 2 is 2.17 bits per heavy atom. The molecule has 0 radical (unpaired) electrons. The average Bonchev–Trinajstić information content (AvgIpc) is 3.18. The molecule has 0 bridgehead atoms. The maximum atomic E-state index is 3.59. The molecule has 2 heteroatoms. The van der Waals surface area contributed by atoms with E-state index in [2.05, 4.69) is 44.3 Å². The van der Waals surface area contributed by atoms with E-state index in [0.717, 1.165) is 18.5 Å². The van der Waals surface area contributed by atoms with Crippen LogP contribution in [0.15, 0.2) is 23.1 Å². The van der Waals surface area contributed by atoms with Crippen molar-refractivity contribution in [2.45, 2.75) is 57.5 Å². The van der Waals surface area contributed by atoms with Crippen LogP contribution in [0.2, 0.25) is 0 Å². The van der Waals surface area contributed by atoms with E-state index in [9.17, 15) is 0 Å². The third-order valence-electron chi connectivity index (χ3n) is 3.70. The van der Waals surface area contributed by atoms with Gasteiger partial charge in [0.25, 0.3) is 0 Å². The summed E-state index contributed by atoms with van der Waals surface area (Å²) in [6, 6.07) is 7.72. The average molecular weight is 263 g/mol. The standard InChI is InChI=1S/C16H25NS/c1-4-12(2)11-18-16-8-5-14(13(3)9-16)10-17-15-6-7-15/h5,8-9,12,15,17H,4,6-7,10-11H2,1-3H3. The Labute approximate surface area is 116 Å². The van der Waals surface area contributed by atoms with Gasteiger partial charge in [-0.25, -0.2) is 0 Å². The van der Waals surface area contributed by atoms with Crippen molar-refractivity contribution in [1.82, 2.24) is 5.32 Å². The molecule has 0 saturated heterocycles. The largest absolute Gasteiger partial charge is 0.310 e. The SMILES string of the molecule is CCC(C)CSc1ccc(CNC2CC2)c(C)c1. The van der Waals surface area contributed by atoms with Crippen LogP contribution < -0.4 is 5.32 Å². The van der Waals surface area contributed by atoms with Crippen LogP contribution in [0.3, 0.4) is 0 Å². The second kappa shape index (κ2) is 6.63. The highest BCUT2D eigenvalue weighted by molar-refractivity contribution is 7.99. The van der Waals surface area contributed by atoms with Crippen LogP contribution in [0.5, 0.6) is 0 Å². The Balaban J connectivity index is 1.87. The first-order valence-corrected chi connectivity index (χ1v) is 8.13. The van der Waals surface area contributed by atoms with E-state index < -0.39 is 0 Å². The highest BCUT2D eigenvalue weighted by Crippen LogP contribution is 2.25. The van der Waals surface area contributed by atoms with Crippen molar-refractivity contribution in [2.75, 3.05) is 5.75 Å². The first kappa shape index (κ1) is 14.0. The summed E-state index contributed by atoms with van der Waals surface area (Å²) in [6.45, 7) is 7.86.